The summed E-state index contributed by atoms with van der Waals surface area (Å²) in [5, 5.41) is 14.4. The number of hydrogen-bond donors (Lipinski definition) is 1. The molecular formula is C20H14N4OS2. The number of anilines is 1. The maximum absolute atomic E-state index is 12.5. The molecule has 5 rings (SSSR count). The quantitative estimate of drug-likeness (QED) is 0.447. The SMILES string of the molecule is O=C(CSc1nnc2sc3ccccc3n12)Nc1cccc2ccccc12. The van der Waals surface area contributed by atoms with Crippen molar-refractivity contribution in [2.45, 2.75) is 5.16 Å². The number of nitrogens with one attached hydrogen (secondary N) is 1. The van der Waals surface area contributed by atoms with Gasteiger partial charge in [0, 0.05) is 11.1 Å². The van der Waals surface area contributed by atoms with Crippen molar-refractivity contribution in [2.24, 2.45) is 0 Å². The van der Waals surface area contributed by atoms with Crippen molar-refractivity contribution in [3.8, 4) is 0 Å². The topological polar surface area (TPSA) is 59.3 Å². The molecule has 0 spiro atoms. The van der Waals surface area contributed by atoms with Gasteiger partial charge in [0.05, 0.1) is 16.0 Å². The van der Waals surface area contributed by atoms with Crippen LogP contribution in [0.4, 0.5) is 5.69 Å². The van der Waals surface area contributed by atoms with Gasteiger partial charge in [-0.15, -0.1) is 10.2 Å². The smallest absolute Gasteiger partial charge is 0.234 e. The Hall–Kier alpha value is -2.90. The molecule has 2 heterocycles. The van der Waals surface area contributed by atoms with Crippen LogP contribution in [0.2, 0.25) is 0 Å². The van der Waals surface area contributed by atoms with Crippen LogP contribution in [-0.2, 0) is 4.79 Å². The number of benzene rings is 3. The van der Waals surface area contributed by atoms with E-state index in [1.807, 2.05) is 65.1 Å². The molecular weight excluding hydrogens is 376 g/mol. The standard InChI is InChI=1S/C20H14N4OS2/c25-18(21-15-9-5-7-13-6-1-2-8-14(13)15)12-26-19-22-23-20-24(19)16-10-3-4-11-17(16)27-20/h1-11H,12H2,(H,21,25). The molecule has 0 saturated carbocycles. The van der Waals surface area contributed by atoms with Crippen molar-refractivity contribution in [1.82, 2.24) is 14.6 Å². The number of carbonyl (C=O) groups excluding carboxylic acids is 1. The van der Waals surface area contributed by atoms with E-state index in [2.05, 4.69) is 21.6 Å². The molecule has 7 heteroatoms. The summed E-state index contributed by atoms with van der Waals surface area (Å²) >= 11 is 2.99. The van der Waals surface area contributed by atoms with Crippen LogP contribution in [0.5, 0.6) is 0 Å². The Labute approximate surface area is 163 Å². The molecule has 0 atom stereocenters. The van der Waals surface area contributed by atoms with Crippen LogP contribution >= 0.6 is 23.1 Å². The minimum absolute atomic E-state index is 0.0624. The van der Waals surface area contributed by atoms with Gasteiger partial charge < -0.3 is 5.32 Å². The lowest BCUT2D eigenvalue weighted by Gasteiger charge is -2.08. The summed E-state index contributed by atoms with van der Waals surface area (Å²) in [4.78, 5) is 13.3. The lowest BCUT2D eigenvalue weighted by atomic mass is 10.1. The number of carbonyl (C=O) groups is 1. The molecule has 0 radical (unpaired) electrons. The average Bonchev–Trinajstić information content (AvgIpc) is 3.26. The van der Waals surface area contributed by atoms with E-state index >= 15 is 0 Å². The Kier molecular flexibility index (Phi) is 4.03. The summed E-state index contributed by atoms with van der Waals surface area (Å²) in [5.41, 5.74) is 1.89. The molecule has 0 aliphatic heterocycles. The zero-order valence-corrected chi connectivity index (χ0v) is 15.8. The molecule has 2 aromatic heterocycles. The van der Waals surface area contributed by atoms with Crippen LogP contribution in [0.25, 0.3) is 25.9 Å². The molecule has 5 aromatic rings. The highest BCUT2D eigenvalue weighted by molar-refractivity contribution is 7.99. The van der Waals surface area contributed by atoms with E-state index in [1.165, 1.54) is 11.8 Å². The fraction of sp³-hybridized carbons (Fsp3) is 0.0500. The van der Waals surface area contributed by atoms with Crippen molar-refractivity contribution in [1.29, 1.82) is 0 Å². The van der Waals surface area contributed by atoms with E-state index in [-0.39, 0.29) is 11.7 Å². The largest absolute Gasteiger partial charge is 0.325 e. The van der Waals surface area contributed by atoms with E-state index in [9.17, 15) is 4.79 Å². The molecule has 0 saturated heterocycles. The predicted octanol–water partition coefficient (Wildman–Crippen LogP) is 4.83. The molecule has 0 bridgehead atoms. The van der Waals surface area contributed by atoms with E-state index in [1.54, 1.807) is 11.3 Å². The van der Waals surface area contributed by atoms with Crippen molar-refractivity contribution in [2.75, 3.05) is 11.1 Å². The number of thiazole rings is 1. The van der Waals surface area contributed by atoms with Crippen LogP contribution in [0.3, 0.4) is 0 Å². The van der Waals surface area contributed by atoms with Gasteiger partial charge in [0.1, 0.15) is 0 Å². The van der Waals surface area contributed by atoms with Gasteiger partial charge >= 0.3 is 0 Å². The van der Waals surface area contributed by atoms with E-state index in [0.29, 0.717) is 0 Å². The summed E-state index contributed by atoms with van der Waals surface area (Å²) < 4.78 is 3.17. The van der Waals surface area contributed by atoms with E-state index in [4.69, 9.17) is 0 Å². The highest BCUT2D eigenvalue weighted by atomic mass is 32.2. The number of thioether (sulfide) groups is 1. The molecule has 1 amide bonds. The van der Waals surface area contributed by atoms with Gasteiger partial charge in [-0.05, 0) is 23.6 Å². The minimum atomic E-state index is -0.0624. The van der Waals surface area contributed by atoms with Crippen molar-refractivity contribution in [3.05, 3.63) is 66.7 Å². The maximum atomic E-state index is 12.5. The van der Waals surface area contributed by atoms with Gasteiger partial charge in [-0.3, -0.25) is 9.20 Å². The number of aromatic nitrogens is 3. The molecule has 3 aromatic carbocycles. The van der Waals surface area contributed by atoms with Gasteiger partial charge in [-0.25, -0.2) is 0 Å². The van der Waals surface area contributed by atoms with Gasteiger partial charge in [0.15, 0.2) is 5.16 Å². The minimum Gasteiger partial charge on any atom is -0.325 e. The van der Waals surface area contributed by atoms with Crippen LogP contribution in [0.15, 0.2) is 71.9 Å². The summed E-state index contributed by atoms with van der Waals surface area (Å²) in [7, 11) is 0. The highest BCUT2D eigenvalue weighted by Gasteiger charge is 2.14. The lowest BCUT2D eigenvalue weighted by molar-refractivity contribution is -0.113. The lowest BCUT2D eigenvalue weighted by Crippen LogP contribution is -2.14. The monoisotopic (exact) mass is 390 g/mol. The number of fused-ring (bicyclic) bond motifs is 4. The average molecular weight is 390 g/mol. The molecule has 27 heavy (non-hydrogen) atoms. The fourth-order valence-corrected chi connectivity index (χ4v) is 4.87. The van der Waals surface area contributed by atoms with Gasteiger partial charge in [0.2, 0.25) is 10.9 Å². The fourth-order valence-electron chi connectivity index (χ4n) is 3.10. The second-order valence-electron chi connectivity index (χ2n) is 6.03. The summed E-state index contributed by atoms with van der Waals surface area (Å²) in [5.74, 6) is 0.210. The van der Waals surface area contributed by atoms with E-state index in [0.717, 1.165) is 36.8 Å². The molecule has 0 unspecified atom stereocenters. The Morgan fingerprint density at radius 1 is 1.00 bits per heavy atom. The molecule has 0 aliphatic carbocycles. The second kappa shape index (κ2) is 6.68. The molecule has 1 N–H and O–H groups in total. The number of nitrogens with zero attached hydrogens (tertiary/aromatic N) is 3. The third-order valence-corrected chi connectivity index (χ3v) is 6.25. The molecule has 0 aliphatic rings. The van der Waals surface area contributed by atoms with Crippen LogP contribution in [-0.4, -0.2) is 26.3 Å². The third kappa shape index (κ3) is 2.94. The normalized spacial score (nSPS) is 11.4. The first-order chi connectivity index (χ1) is 13.3. The Balaban J connectivity index is 1.37. The van der Waals surface area contributed by atoms with Gasteiger partial charge in [-0.1, -0.05) is 71.6 Å². The first-order valence-electron chi connectivity index (χ1n) is 8.43. The zero-order valence-electron chi connectivity index (χ0n) is 14.1. The third-order valence-electron chi connectivity index (χ3n) is 4.31. The zero-order chi connectivity index (χ0) is 18.2. The molecule has 132 valence electrons. The second-order valence-corrected chi connectivity index (χ2v) is 7.99. The van der Waals surface area contributed by atoms with Crippen molar-refractivity contribution in [3.63, 3.8) is 0 Å². The van der Waals surface area contributed by atoms with E-state index < -0.39 is 0 Å². The van der Waals surface area contributed by atoms with Crippen molar-refractivity contribution < 1.29 is 4.79 Å². The van der Waals surface area contributed by atoms with Crippen LogP contribution in [0.1, 0.15) is 0 Å². The number of amides is 1. The first kappa shape index (κ1) is 16.3. The molecule has 5 nitrogen and oxygen atoms in total. The first-order valence-corrected chi connectivity index (χ1v) is 10.2. The number of rotatable bonds is 4. The Bertz CT molecular complexity index is 1290. The highest BCUT2D eigenvalue weighted by Crippen LogP contribution is 2.29. The van der Waals surface area contributed by atoms with Crippen LogP contribution in [0, 0.1) is 0 Å². The predicted molar refractivity (Wildman–Crippen MR) is 112 cm³/mol. The van der Waals surface area contributed by atoms with Gasteiger partial charge in [0.25, 0.3) is 0 Å². The summed E-state index contributed by atoms with van der Waals surface area (Å²) in [6.07, 6.45) is 0. The van der Waals surface area contributed by atoms with Crippen molar-refractivity contribution >= 4 is 60.6 Å². The number of hydrogen-bond acceptors (Lipinski definition) is 5. The summed E-state index contributed by atoms with van der Waals surface area (Å²) in [6, 6.07) is 22.0. The maximum Gasteiger partial charge on any atom is 0.234 e. The van der Waals surface area contributed by atoms with Crippen LogP contribution < -0.4 is 5.32 Å². The summed E-state index contributed by atoms with van der Waals surface area (Å²) in [6.45, 7) is 0. The Morgan fingerprint density at radius 2 is 1.81 bits per heavy atom. The Morgan fingerprint density at radius 3 is 2.78 bits per heavy atom. The number of para-hydroxylation sites is 1. The molecule has 0 fully saturated rings. The van der Waals surface area contributed by atoms with Gasteiger partial charge in [-0.2, -0.15) is 0 Å².